The van der Waals surface area contributed by atoms with Crippen molar-refractivity contribution in [3.05, 3.63) is 0 Å². The van der Waals surface area contributed by atoms with Gasteiger partial charge in [0.05, 0.1) is 0 Å². The van der Waals surface area contributed by atoms with E-state index in [1.165, 1.54) is 32.4 Å². The van der Waals surface area contributed by atoms with Crippen molar-refractivity contribution in [2.45, 2.75) is 51.4 Å². The van der Waals surface area contributed by atoms with Crippen LogP contribution in [0.4, 0.5) is 9.59 Å². The molecule has 1 aliphatic heterocycles. The number of primary amides is 1. The summed E-state index contributed by atoms with van der Waals surface area (Å²) in [5.74, 6) is 0. The monoisotopic (exact) mass is 327 g/mol. The average Bonchev–Trinajstić information content (AvgIpc) is 2.55. The molecule has 1 heterocycles. The molecule has 0 saturated carbocycles. The van der Waals surface area contributed by atoms with Crippen LogP contribution in [0.25, 0.3) is 0 Å². The number of unbranched alkanes of at least 4 members (excludes halogenated alkanes) is 3. The molecule has 0 aromatic carbocycles. The first-order valence-electron chi connectivity index (χ1n) is 8.96. The van der Waals surface area contributed by atoms with Crippen molar-refractivity contribution in [3.63, 3.8) is 0 Å². The first-order chi connectivity index (χ1) is 11.2. The molecule has 1 fully saturated rings. The number of piperidine rings is 1. The lowest BCUT2D eigenvalue weighted by Crippen LogP contribution is -2.38. The Hall–Kier alpha value is -1.50. The normalized spacial score (nSPS) is 15.1. The van der Waals surface area contributed by atoms with Gasteiger partial charge < -0.3 is 26.6 Å². The molecular weight excluding hydrogens is 294 g/mol. The van der Waals surface area contributed by atoms with E-state index in [1.807, 2.05) is 0 Å². The van der Waals surface area contributed by atoms with Crippen molar-refractivity contribution in [1.29, 1.82) is 0 Å². The fraction of sp³-hybridized carbons (Fsp3) is 0.875. The number of likely N-dealkylation sites (tertiary alicyclic amines) is 1. The second-order valence-corrected chi connectivity index (χ2v) is 6.14. The number of hydrogen-bond acceptors (Lipinski definition) is 3. The Labute approximate surface area is 139 Å². The van der Waals surface area contributed by atoms with Gasteiger partial charge in [0.25, 0.3) is 0 Å². The van der Waals surface area contributed by atoms with E-state index in [0.29, 0.717) is 13.1 Å². The number of urea groups is 2. The molecule has 0 spiro atoms. The summed E-state index contributed by atoms with van der Waals surface area (Å²) in [6, 6.07) is -0.539. The van der Waals surface area contributed by atoms with E-state index in [2.05, 4.69) is 20.9 Å². The summed E-state index contributed by atoms with van der Waals surface area (Å²) < 4.78 is 0. The minimum Gasteiger partial charge on any atom is -0.352 e. The van der Waals surface area contributed by atoms with Gasteiger partial charge in [0, 0.05) is 19.6 Å². The maximum Gasteiger partial charge on any atom is 0.314 e. The lowest BCUT2D eigenvalue weighted by molar-refractivity contribution is 0.222. The molecule has 1 aliphatic rings. The van der Waals surface area contributed by atoms with Crippen LogP contribution >= 0.6 is 0 Å². The Morgan fingerprint density at radius 1 is 0.783 bits per heavy atom. The van der Waals surface area contributed by atoms with Crippen LogP contribution in [-0.4, -0.2) is 56.2 Å². The highest BCUT2D eigenvalue weighted by molar-refractivity contribution is 5.73. The maximum atomic E-state index is 11.6. The highest BCUT2D eigenvalue weighted by Crippen LogP contribution is 2.08. The van der Waals surface area contributed by atoms with Crippen molar-refractivity contribution < 1.29 is 9.59 Å². The van der Waals surface area contributed by atoms with Crippen LogP contribution in [0, 0.1) is 0 Å². The molecule has 7 heteroatoms. The molecule has 1 rings (SSSR count). The van der Waals surface area contributed by atoms with Crippen LogP contribution < -0.4 is 21.7 Å². The lowest BCUT2D eigenvalue weighted by Gasteiger charge is -2.26. The van der Waals surface area contributed by atoms with Crippen LogP contribution in [0.3, 0.4) is 0 Å². The van der Waals surface area contributed by atoms with Crippen LogP contribution in [0.2, 0.25) is 0 Å². The van der Waals surface area contributed by atoms with Crippen molar-refractivity contribution in [2.75, 3.05) is 39.3 Å². The summed E-state index contributed by atoms with van der Waals surface area (Å²) in [4.78, 5) is 24.6. The van der Waals surface area contributed by atoms with Crippen LogP contribution in [0.15, 0.2) is 0 Å². The molecule has 0 aromatic rings. The molecule has 0 unspecified atom stereocenters. The highest BCUT2D eigenvalue weighted by Gasteiger charge is 2.09. The molecule has 1 saturated heterocycles. The van der Waals surface area contributed by atoms with E-state index in [9.17, 15) is 9.59 Å². The summed E-state index contributed by atoms with van der Waals surface area (Å²) >= 11 is 0. The van der Waals surface area contributed by atoms with Gasteiger partial charge in [-0.15, -0.1) is 0 Å². The minimum atomic E-state index is -0.469. The van der Waals surface area contributed by atoms with E-state index in [0.717, 1.165) is 45.2 Å². The zero-order valence-corrected chi connectivity index (χ0v) is 14.2. The molecule has 0 aromatic heterocycles. The number of nitrogens with one attached hydrogen (secondary N) is 3. The molecule has 5 N–H and O–H groups in total. The molecule has 134 valence electrons. The highest BCUT2D eigenvalue weighted by atomic mass is 16.2. The topological polar surface area (TPSA) is 99.5 Å². The van der Waals surface area contributed by atoms with E-state index in [-0.39, 0.29) is 6.03 Å². The fourth-order valence-electron chi connectivity index (χ4n) is 2.77. The Morgan fingerprint density at radius 3 is 1.96 bits per heavy atom. The summed E-state index contributed by atoms with van der Waals surface area (Å²) in [6.45, 7) is 5.56. The van der Waals surface area contributed by atoms with Crippen molar-refractivity contribution in [1.82, 2.24) is 20.9 Å². The second kappa shape index (κ2) is 13.0. The first kappa shape index (κ1) is 19.5. The zero-order chi connectivity index (χ0) is 16.8. The standard InChI is InChI=1S/C16H33N5O2/c17-15(22)18-9-4-1-2-5-10-19-16(23)20-11-8-14-21-12-6-3-7-13-21/h1-14H2,(H3,17,18,22)(H2,19,20,23). The van der Waals surface area contributed by atoms with E-state index in [4.69, 9.17) is 5.73 Å². The average molecular weight is 327 g/mol. The number of hydrogen-bond donors (Lipinski definition) is 4. The van der Waals surface area contributed by atoms with Crippen LogP contribution in [0.5, 0.6) is 0 Å². The van der Waals surface area contributed by atoms with Gasteiger partial charge in [-0.05, 0) is 51.7 Å². The van der Waals surface area contributed by atoms with Gasteiger partial charge in [-0.25, -0.2) is 9.59 Å². The van der Waals surface area contributed by atoms with E-state index in [1.54, 1.807) is 0 Å². The third-order valence-corrected chi connectivity index (χ3v) is 4.07. The largest absolute Gasteiger partial charge is 0.352 e. The van der Waals surface area contributed by atoms with E-state index >= 15 is 0 Å². The van der Waals surface area contributed by atoms with Gasteiger partial charge >= 0.3 is 12.1 Å². The van der Waals surface area contributed by atoms with Gasteiger partial charge in [-0.1, -0.05) is 19.3 Å². The smallest absolute Gasteiger partial charge is 0.314 e. The third kappa shape index (κ3) is 11.7. The summed E-state index contributed by atoms with van der Waals surface area (Å²) in [5.41, 5.74) is 4.97. The SMILES string of the molecule is NC(=O)NCCCCCCNC(=O)NCCCN1CCCCC1. The van der Waals surface area contributed by atoms with Crippen molar-refractivity contribution in [3.8, 4) is 0 Å². The predicted octanol–water partition coefficient (Wildman–Crippen LogP) is 1.39. The Kier molecular flexibility index (Phi) is 11.0. The van der Waals surface area contributed by atoms with E-state index < -0.39 is 6.03 Å². The molecular formula is C16H33N5O2. The van der Waals surface area contributed by atoms with Crippen molar-refractivity contribution in [2.24, 2.45) is 5.73 Å². The van der Waals surface area contributed by atoms with Crippen molar-refractivity contribution >= 4 is 12.1 Å². The van der Waals surface area contributed by atoms with Crippen LogP contribution in [0.1, 0.15) is 51.4 Å². The number of nitrogens with two attached hydrogens (primary N) is 1. The second-order valence-electron chi connectivity index (χ2n) is 6.14. The van der Waals surface area contributed by atoms with Crippen LogP contribution in [-0.2, 0) is 0 Å². The predicted molar refractivity (Wildman–Crippen MR) is 92.4 cm³/mol. The number of carbonyl (C=O) groups is 2. The van der Waals surface area contributed by atoms with Gasteiger partial charge in [0.2, 0.25) is 0 Å². The van der Waals surface area contributed by atoms with Gasteiger partial charge in [-0.3, -0.25) is 0 Å². The molecule has 0 radical (unpaired) electrons. The third-order valence-electron chi connectivity index (χ3n) is 4.07. The molecule has 4 amide bonds. The van der Waals surface area contributed by atoms with Gasteiger partial charge in [0.1, 0.15) is 0 Å². The Morgan fingerprint density at radius 2 is 1.35 bits per heavy atom. The summed E-state index contributed by atoms with van der Waals surface area (Å²) in [7, 11) is 0. The molecule has 0 bridgehead atoms. The van der Waals surface area contributed by atoms with Gasteiger partial charge in [0.15, 0.2) is 0 Å². The Bertz CT molecular complexity index is 332. The number of amides is 4. The number of carbonyl (C=O) groups excluding carboxylic acids is 2. The number of rotatable bonds is 11. The lowest BCUT2D eigenvalue weighted by atomic mass is 10.1. The molecule has 23 heavy (non-hydrogen) atoms. The Balaban J connectivity index is 1.82. The first-order valence-corrected chi connectivity index (χ1v) is 8.96. The molecule has 7 nitrogen and oxygen atoms in total. The maximum absolute atomic E-state index is 11.6. The minimum absolute atomic E-state index is 0.0703. The summed E-state index contributed by atoms with van der Waals surface area (Å²) in [6.07, 6.45) is 8.94. The van der Waals surface area contributed by atoms with Gasteiger partial charge in [-0.2, -0.15) is 0 Å². The molecule has 0 aliphatic carbocycles. The number of nitrogens with zero attached hydrogens (tertiary/aromatic N) is 1. The summed E-state index contributed by atoms with van der Waals surface area (Å²) in [5, 5.41) is 8.35. The fourth-order valence-corrected chi connectivity index (χ4v) is 2.77. The molecule has 0 atom stereocenters. The zero-order valence-electron chi connectivity index (χ0n) is 14.2. The quantitative estimate of drug-likeness (QED) is 0.431.